The molecule has 2 unspecified atom stereocenters. The number of hydrogen-bond donors (Lipinski definition) is 0. The SMILES string of the molecule is CCC1COC(C)CN1C(=O)c1ccc(Br)c(C)c1. The first-order valence-electron chi connectivity index (χ1n) is 6.71. The van der Waals surface area contributed by atoms with Gasteiger partial charge in [0.2, 0.25) is 0 Å². The first-order chi connectivity index (χ1) is 9.02. The number of rotatable bonds is 2. The van der Waals surface area contributed by atoms with E-state index in [-0.39, 0.29) is 18.1 Å². The summed E-state index contributed by atoms with van der Waals surface area (Å²) in [5.41, 5.74) is 1.84. The van der Waals surface area contributed by atoms with E-state index in [0.29, 0.717) is 13.2 Å². The highest BCUT2D eigenvalue weighted by molar-refractivity contribution is 9.10. The van der Waals surface area contributed by atoms with Crippen molar-refractivity contribution in [1.82, 2.24) is 4.90 Å². The van der Waals surface area contributed by atoms with Gasteiger partial charge in [-0.2, -0.15) is 0 Å². The number of carbonyl (C=O) groups excluding carboxylic acids is 1. The van der Waals surface area contributed by atoms with Crippen molar-refractivity contribution in [1.29, 1.82) is 0 Å². The minimum absolute atomic E-state index is 0.109. The van der Waals surface area contributed by atoms with Crippen LogP contribution in [0.25, 0.3) is 0 Å². The molecular formula is C15H20BrNO2. The number of hydrogen-bond acceptors (Lipinski definition) is 2. The number of benzene rings is 1. The van der Waals surface area contributed by atoms with Gasteiger partial charge in [0.15, 0.2) is 0 Å². The Labute approximate surface area is 123 Å². The lowest BCUT2D eigenvalue weighted by molar-refractivity contribution is -0.0444. The smallest absolute Gasteiger partial charge is 0.254 e. The van der Waals surface area contributed by atoms with Gasteiger partial charge in [-0.15, -0.1) is 0 Å². The third-order valence-electron chi connectivity index (χ3n) is 3.60. The fourth-order valence-electron chi connectivity index (χ4n) is 2.37. The van der Waals surface area contributed by atoms with E-state index in [1.165, 1.54) is 0 Å². The van der Waals surface area contributed by atoms with Gasteiger partial charge in [-0.3, -0.25) is 4.79 Å². The summed E-state index contributed by atoms with van der Waals surface area (Å²) in [5.74, 6) is 0.109. The van der Waals surface area contributed by atoms with E-state index in [1.807, 2.05) is 36.9 Å². The molecular weight excluding hydrogens is 306 g/mol. The van der Waals surface area contributed by atoms with Gasteiger partial charge in [0.1, 0.15) is 0 Å². The van der Waals surface area contributed by atoms with Crippen LogP contribution in [0.2, 0.25) is 0 Å². The molecule has 0 N–H and O–H groups in total. The van der Waals surface area contributed by atoms with Crippen molar-refractivity contribution in [3.63, 3.8) is 0 Å². The molecule has 0 bridgehead atoms. The summed E-state index contributed by atoms with van der Waals surface area (Å²) >= 11 is 3.46. The Morgan fingerprint density at radius 1 is 1.53 bits per heavy atom. The molecule has 1 aliphatic heterocycles. The number of nitrogens with zero attached hydrogens (tertiary/aromatic N) is 1. The predicted molar refractivity (Wildman–Crippen MR) is 79.4 cm³/mol. The number of halogens is 1. The largest absolute Gasteiger partial charge is 0.375 e. The van der Waals surface area contributed by atoms with Crippen molar-refractivity contribution in [3.05, 3.63) is 33.8 Å². The highest BCUT2D eigenvalue weighted by atomic mass is 79.9. The number of morpholine rings is 1. The lowest BCUT2D eigenvalue weighted by atomic mass is 10.1. The number of aryl methyl sites for hydroxylation is 1. The highest BCUT2D eigenvalue weighted by Gasteiger charge is 2.30. The topological polar surface area (TPSA) is 29.5 Å². The molecule has 1 aliphatic rings. The van der Waals surface area contributed by atoms with Gasteiger partial charge in [-0.25, -0.2) is 0 Å². The maximum atomic E-state index is 12.6. The zero-order chi connectivity index (χ0) is 14.0. The summed E-state index contributed by atoms with van der Waals surface area (Å²) in [6.45, 7) is 7.42. The highest BCUT2D eigenvalue weighted by Crippen LogP contribution is 2.21. The Morgan fingerprint density at radius 3 is 2.89 bits per heavy atom. The van der Waals surface area contributed by atoms with Gasteiger partial charge in [0, 0.05) is 16.6 Å². The minimum atomic E-state index is 0.109. The van der Waals surface area contributed by atoms with Crippen LogP contribution in [0.1, 0.15) is 36.2 Å². The van der Waals surface area contributed by atoms with E-state index in [1.54, 1.807) is 0 Å². The van der Waals surface area contributed by atoms with E-state index in [2.05, 4.69) is 22.9 Å². The molecule has 1 fully saturated rings. The Hall–Kier alpha value is -0.870. The average Bonchev–Trinajstić information content (AvgIpc) is 2.41. The first kappa shape index (κ1) is 14.5. The van der Waals surface area contributed by atoms with Gasteiger partial charge < -0.3 is 9.64 Å². The molecule has 0 aromatic heterocycles. The van der Waals surface area contributed by atoms with E-state index >= 15 is 0 Å². The Morgan fingerprint density at radius 2 is 2.26 bits per heavy atom. The van der Waals surface area contributed by atoms with E-state index in [9.17, 15) is 4.79 Å². The van der Waals surface area contributed by atoms with Crippen LogP contribution in [0, 0.1) is 6.92 Å². The molecule has 3 nitrogen and oxygen atoms in total. The van der Waals surface area contributed by atoms with Crippen molar-refractivity contribution in [2.45, 2.75) is 39.3 Å². The van der Waals surface area contributed by atoms with Crippen molar-refractivity contribution in [3.8, 4) is 0 Å². The van der Waals surface area contributed by atoms with Crippen molar-refractivity contribution in [2.24, 2.45) is 0 Å². The van der Waals surface area contributed by atoms with Crippen molar-refractivity contribution >= 4 is 21.8 Å². The summed E-state index contributed by atoms with van der Waals surface area (Å²) < 4.78 is 6.67. The van der Waals surface area contributed by atoms with Crippen LogP contribution in [0.5, 0.6) is 0 Å². The summed E-state index contributed by atoms with van der Waals surface area (Å²) in [6.07, 6.45) is 1.04. The van der Waals surface area contributed by atoms with Gasteiger partial charge >= 0.3 is 0 Å². The molecule has 2 rings (SSSR count). The maximum Gasteiger partial charge on any atom is 0.254 e. The number of carbonyl (C=O) groups is 1. The van der Waals surface area contributed by atoms with Gasteiger partial charge in [-0.1, -0.05) is 22.9 Å². The Bertz CT molecular complexity index is 475. The molecule has 1 aromatic carbocycles. The summed E-state index contributed by atoms with van der Waals surface area (Å²) in [5, 5.41) is 0. The molecule has 1 saturated heterocycles. The molecule has 1 amide bonds. The molecule has 0 aliphatic carbocycles. The van der Waals surface area contributed by atoms with E-state index < -0.39 is 0 Å². The predicted octanol–water partition coefficient (Wildman–Crippen LogP) is 3.40. The quantitative estimate of drug-likeness (QED) is 0.834. The van der Waals surface area contributed by atoms with Crippen LogP contribution >= 0.6 is 15.9 Å². The van der Waals surface area contributed by atoms with Gasteiger partial charge in [0.05, 0.1) is 18.8 Å². The number of amides is 1. The fraction of sp³-hybridized carbons (Fsp3) is 0.533. The lowest BCUT2D eigenvalue weighted by Gasteiger charge is -2.38. The van der Waals surface area contributed by atoms with Crippen LogP contribution < -0.4 is 0 Å². The summed E-state index contributed by atoms with van der Waals surface area (Å²) in [7, 11) is 0. The van der Waals surface area contributed by atoms with Gasteiger partial charge in [0.25, 0.3) is 5.91 Å². The third-order valence-corrected chi connectivity index (χ3v) is 4.49. The second kappa shape index (κ2) is 6.06. The van der Waals surface area contributed by atoms with Crippen LogP contribution in [0.4, 0.5) is 0 Å². The molecule has 19 heavy (non-hydrogen) atoms. The molecule has 1 heterocycles. The average molecular weight is 326 g/mol. The van der Waals surface area contributed by atoms with E-state index in [4.69, 9.17) is 4.74 Å². The molecule has 2 atom stereocenters. The lowest BCUT2D eigenvalue weighted by Crippen LogP contribution is -2.51. The number of ether oxygens (including phenoxy) is 1. The second-order valence-corrected chi connectivity index (χ2v) is 5.98. The maximum absolute atomic E-state index is 12.6. The van der Waals surface area contributed by atoms with Crippen molar-refractivity contribution in [2.75, 3.05) is 13.2 Å². The normalized spacial score (nSPS) is 23.5. The van der Waals surface area contributed by atoms with Crippen molar-refractivity contribution < 1.29 is 9.53 Å². The van der Waals surface area contributed by atoms with E-state index in [0.717, 1.165) is 22.0 Å². The van der Waals surface area contributed by atoms with Crippen LogP contribution in [-0.2, 0) is 4.74 Å². The zero-order valence-electron chi connectivity index (χ0n) is 11.6. The third kappa shape index (κ3) is 3.18. The Kier molecular flexibility index (Phi) is 4.63. The molecule has 0 spiro atoms. The Balaban J connectivity index is 2.23. The first-order valence-corrected chi connectivity index (χ1v) is 7.51. The fourth-order valence-corrected chi connectivity index (χ4v) is 2.62. The monoisotopic (exact) mass is 325 g/mol. The molecule has 0 radical (unpaired) electrons. The van der Waals surface area contributed by atoms with Gasteiger partial charge in [-0.05, 0) is 44.0 Å². The standard InChI is InChI=1S/C15H20BrNO2/c1-4-13-9-19-11(3)8-17(13)15(18)12-5-6-14(16)10(2)7-12/h5-7,11,13H,4,8-9H2,1-3H3. The molecule has 1 aromatic rings. The molecule has 104 valence electrons. The molecule has 4 heteroatoms. The minimum Gasteiger partial charge on any atom is -0.375 e. The van der Waals surface area contributed by atoms with Crippen LogP contribution in [0.3, 0.4) is 0 Å². The van der Waals surface area contributed by atoms with Crippen LogP contribution in [0.15, 0.2) is 22.7 Å². The summed E-state index contributed by atoms with van der Waals surface area (Å²) in [4.78, 5) is 14.6. The molecule has 0 saturated carbocycles. The summed E-state index contributed by atoms with van der Waals surface area (Å²) in [6, 6.07) is 5.95. The van der Waals surface area contributed by atoms with Crippen LogP contribution in [-0.4, -0.2) is 36.1 Å². The zero-order valence-corrected chi connectivity index (χ0v) is 13.2. The second-order valence-electron chi connectivity index (χ2n) is 5.13.